The fourth-order valence-corrected chi connectivity index (χ4v) is 4.11. The van der Waals surface area contributed by atoms with Gasteiger partial charge in [-0.25, -0.2) is 4.99 Å². The molecule has 0 radical (unpaired) electrons. The number of hydrogen-bond acceptors (Lipinski definition) is 4. The lowest BCUT2D eigenvalue weighted by atomic mass is 9.84. The van der Waals surface area contributed by atoms with Gasteiger partial charge in [0.15, 0.2) is 0 Å². The fraction of sp³-hybridized carbons (Fsp3) is 0.588. The van der Waals surface area contributed by atoms with Crippen LogP contribution in [0.25, 0.3) is 0 Å². The largest absolute Gasteiger partial charge is 0.387 e. The van der Waals surface area contributed by atoms with Crippen LogP contribution in [-0.4, -0.2) is 44.0 Å². The molecule has 1 aliphatic carbocycles. The Bertz CT molecular complexity index is 572. The molecule has 2 heterocycles. The summed E-state index contributed by atoms with van der Waals surface area (Å²) in [4.78, 5) is 9.56. The van der Waals surface area contributed by atoms with Gasteiger partial charge in [0.05, 0.1) is 5.69 Å². The zero-order valence-electron chi connectivity index (χ0n) is 12.8. The van der Waals surface area contributed by atoms with Gasteiger partial charge < -0.3 is 15.5 Å². The highest BCUT2D eigenvalue weighted by Crippen LogP contribution is 2.47. The first-order valence-corrected chi connectivity index (χ1v) is 8.14. The van der Waals surface area contributed by atoms with E-state index in [0.717, 1.165) is 37.7 Å². The van der Waals surface area contributed by atoms with Gasteiger partial charge in [-0.05, 0) is 43.5 Å². The van der Waals surface area contributed by atoms with Crippen LogP contribution in [0.4, 0.5) is 11.4 Å². The average molecular weight is 284 g/mol. The Morgan fingerprint density at radius 2 is 1.86 bits per heavy atom. The van der Waals surface area contributed by atoms with E-state index in [0.29, 0.717) is 11.8 Å². The van der Waals surface area contributed by atoms with Gasteiger partial charge in [-0.15, -0.1) is 0 Å². The molecule has 1 saturated heterocycles. The number of amidine groups is 1. The summed E-state index contributed by atoms with van der Waals surface area (Å²) in [6, 6.07) is 6.85. The third-order valence-corrected chi connectivity index (χ3v) is 5.43. The first kappa shape index (κ1) is 13.1. The monoisotopic (exact) mass is 284 g/mol. The number of rotatable bonds is 1. The average Bonchev–Trinajstić information content (AvgIpc) is 2.98. The Morgan fingerprint density at radius 1 is 1.10 bits per heavy atom. The molecule has 0 aromatic heterocycles. The molecule has 2 aliphatic heterocycles. The van der Waals surface area contributed by atoms with E-state index in [1.54, 1.807) is 0 Å². The van der Waals surface area contributed by atoms with E-state index in [2.05, 4.69) is 35.0 Å². The highest BCUT2D eigenvalue weighted by molar-refractivity contribution is 5.89. The van der Waals surface area contributed by atoms with Crippen molar-refractivity contribution in [3.05, 3.63) is 23.8 Å². The van der Waals surface area contributed by atoms with Crippen LogP contribution in [-0.2, 0) is 0 Å². The predicted molar refractivity (Wildman–Crippen MR) is 87.5 cm³/mol. The Kier molecular flexibility index (Phi) is 3.14. The van der Waals surface area contributed by atoms with Crippen molar-refractivity contribution in [2.75, 3.05) is 38.1 Å². The Balaban J connectivity index is 1.65. The van der Waals surface area contributed by atoms with Crippen LogP contribution in [0, 0.1) is 5.92 Å². The first-order valence-electron chi connectivity index (χ1n) is 8.14. The second kappa shape index (κ2) is 5.02. The van der Waals surface area contributed by atoms with Crippen molar-refractivity contribution in [3.63, 3.8) is 0 Å². The smallest absolute Gasteiger partial charge is 0.103 e. The maximum absolute atomic E-state index is 6.21. The minimum atomic E-state index is 0.493. The molecule has 4 heteroatoms. The third-order valence-electron chi connectivity index (χ3n) is 5.43. The molecule has 2 unspecified atom stereocenters. The van der Waals surface area contributed by atoms with Crippen LogP contribution in [0.2, 0.25) is 0 Å². The second-order valence-electron chi connectivity index (χ2n) is 6.71. The normalized spacial score (nSPS) is 29.0. The molecule has 4 rings (SSSR count). The fourth-order valence-electron chi connectivity index (χ4n) is 4.11. The number of anilines is 1. The van der Waals surface area contributed by atoms with Gasteiger partial charge >= 0.3 is 0 Å². The van der Waals surface area contributed by atoms with Gasteiger partial charge in [-0.2, -0.15) is 0 Å². The van der Waals surface area contributed by atoms with Crippen LogP contribution in [0.3, 0.4) is 0 Å². The molecule has 0 bridgehead atoms. The van der Waals surface area contributed by atoms with E-state index in [1.807, 2.05) is 0 Å². The van der Waals surface area contributed by atoms with E-state index in [4.69, 9.17) is 10.7 Å². The van der Waals surface area contributed by atoms with Gasteiger partial charge in [0, 0.05) is 37.8 Å². The molecule has 0 spiro atoms. The minimum absolute atomic E-state index is 0.493. The number of fused-ring (bicyclic) bond motifs is 3. The summed E-state index contributed by atoms with van der Waals surface area (Å²) >= 11 is 0. The lowest BCUT2D eigenvalue weighted by molar-refractivity contribution is 0.313. The Labute approximate surface area is 126 Å². The van der Waals surface area contributed by atoms with Gasteiger partial charge in [0.1, 0.15) is 5.84 Å². The quantitative estimate of drug-likeness (QED) is 0.861. The molecule has 2 fully saturated rings. The van der Waals surface area contributed by atoms with Gasteiger partial charge in [-0.3, -0.25) is 0 Å². The summed E-state index contributed by atoms with van der Waals surface area (Å²) in [5.74, 6) is 1.96. The van der Waals surface area contributed by atoms with E-state index in [9.17, 15) is 0 Å². The summed E-state index contributed by atoms with van der Waals surface area (Å²) in [5.41, 5.74) is 10.1. The molecular formula is C17H24N4. The van der Waals surface area contributed by atoms with Gasteiger partial charge in [-0.1, -0.05) is 12.5 Å². The summed E-state index contributed by atoms with van der Waals surface area (Å²) < 4.78 is 0. The van der Waals surface area contributed by atoms with Gasteiger partial charge in [0.2, 0.25) is 0 Å². The minimum Gasteiger partial charge on any atom is -0.387 e. The molecule has 112 valence electrons. The second-order valence-corrected chi connectivity index (χ2v) is 6.71. The van der Waals surface area contributed by atoms with Crippen molar-refractivity contribution >= 4 is 17.2 Å². The number of piperazine rings is 1. The van der Waals surface area contributed by atoms with E-state index >= 15 is 0 Å². The molecule has 1 saturated carbocycles. The van der Waals surface area contributed by atoms with Crippen LogP contribution in [0.5, 0.6) is 0 Å². The number of likely N-dealkylation sites (N-methyl/N-ethyl adjacent to an activating group) is 1. The molecule has 21 heavy (non-hydrogen) atoms. The zero-order chi connectivity index (χ0) is 14.4. The van der Waals surface area contributed by atoms with Gasteiger partial charge in [0.25, 0.3) is 0 Å². The highest BCUT2D eigenvalue weighted by Gasteiger charge is 2.35. The summed E-state index contributed by atoms with van der Waals surface area (Å²) in [5, 5.41) is 0. The SMILES string of the molecule is CN1CCN(c2ccc3c(c2)N=C(N)C2CCCC32)CC1. The van der Waals surface area contributed by atoms with E-state index < -0.39 is 0 Å². The van der Waals surface area contributed by atoms with Crippen molar-refractivity contribution in [1.29, 1.82) is 0 Å². The van der Waals surface area contributed by atoms with Crippen LogP contribution in [0.15, 0.2) is 23.2 Å². The maximum Gasteiger partial charge on any atom is 0.103 e. The Morgan fingerprint density at radius 3 is 2.67 bits per heavy atom. The number of hydrogen-bond donors (Lipinski definition) is 1. The summed E-state index contributed by atoms with van der Waals surface area (Å²) in [6.45, 7) is 4.46. The lowest BCUT2D eigenvalue weighted by Crippen LogP contribution is -2.44. The summed E-state index contributed by atoms with van der Waals surface area (Å²) in [6.07, 6.45) is 3.76. The van der Waals surface area contributed by atoms with Crippen molar-refractivity contribution in [2.45, 2.75) is 25.2 Å². The molecule has 0 amide bonds. The van der Waals surface area contributed by atoms with E-state index in [-0.39, 0.29) is 0 Å². The van der Waals surface area contributed by atoms with Crippen LogP contribution >= 0.6 is 0 Å². The number of nitrogens with zero attached hydrogens (tertiary/aromatic N) is 3. The molecule has 3 aliphatic rings. The molecular weight excluding hydrogens is 260 g/mol. The van der Waals surface area contributed by atoms with Crippen molar-refractivity contribution in [3.8, 4) is 0 Å². The molecule has 1 aromatic rings. The van der Waals surface area contributed by atoms with E-state index in [1.165, 1.54) is 30.5 Å². The summed E-state index contributed by atoms with van der Waals surface area (Å²) in [7, 11) is 2.19. The topological polar surface area (TPSA) is 44.9 Å². The molecule has 2 N–H and O–H groups in total. The molecule has 1 aromatic carbocycles. The van der Waals surface area contributed by atoms with Crippen molar-refractivity contribution in [2.24, 2.45) is 16.6 Å². The number of aliphatic imine (C=N–C) groups is 1. The first-order chi connectivity index (χ1) is 10.2. The predicted octanol–water partition coefficient (Wildman–Crippen LogP) is 2.32. The molecule has 2 atom stereocenters. The van der Waals surface area contributed by atoms with Crippen LogP contribution in [0.1, 0.15) is 30.7 Å². The van der Waals surface area contributed by atoms with Crippen molar-refractivity contribution < 1.29 is 0 Å². The standard InChI is InChI=1S/C17H24N4/c1-20-7-9-21(10-8-20)12-5-6-14-13-3-2-4-15(13)17(18)19-16(14)11-12/h5-6,11,13,15H,2-4,7-10H2,1H3,(H2,18,19). The third kappa shape index (κ3) is 2.22. The molecule has 4 nitrogen and oxygen atoms in total. The number of benzene rings is 1. The maximum atomic E-state index is 6.21. The zero-order valence-corrected chi connectivity index (χ0v) is 12.8. The van der Waals surface area contributed by atoms with Crippen molar-refractivity contribution in [1.82, 2.24) is 4.90 Å². The Hall–Kier alpha value is -1.55. The highest BCUT2D eigenvalue weighted by atomic mass is 15.2. The van der Waals surface area contributed by atoms with Crippen LogP contribution < -0.4 is 10.6 Å². The lowest BCUT2D eigenvalue weighted by Gasteiger charge is -2.35. The number of nitrogens with two attached hydrogens (primary N) is 1.